The van der Waals surface area contributed by atoms with Crippen LogP contribution in [0.15, 0.2) is 44.8 Å². The Morgan fingerprint density at radius 1 is 1.10 bits per heavy atom. The Morgan fingerprint density at radius 2 is 1.86 bits per heavy atom. The minimum atomic E-state index is -0.693. The van der Waals surface area contributed by atoms with Gasteiger partial charge >= 0.3 is 6.03 Å². The van der Waals surface area contributed by atoms with Crippen molar-refractivity contribution in [3.8, 4) is 11.3 Å². The number of carbonyl (C=O) groups is 3. The quantitative estimate of drug-likeness (QED) is 0.530. The van der Waals surface area contributed by atoms with E-state index >= 15 is 0 Å². The van der Waals surface area contributed by atoms with E-state index in [1.165, 1.54) is 11.0 Å². The Hall–Kier alpha value is -2.67. The minimum Gasteiger partial charge on any atom is -0.457 e. The predicted octanol–water partition coefficient (Wildman–Crippen LogP) is 4.81. The zero-order chi connectivity index (χ0) is 20.5. The van der Waals surface area contributed by atoms with Crippen LogP contribution in [0, 0.1) is 6.92 Å². The number of halogens is 1. The molecule has 1 aromatic carbocycles. The van der Waals surface area contributed by atoms with Crippen molar-refractivity contribution in [3.63, 3.8) is 0 Å². The van der Waals surface area contributed by atoms with Gasteiger partial charge in [0.15, 0.2) is 0 Å². The summed E-state index contributed by atoms with van der Waals surface area (Å²) in [6.07, 6.45) is 6.00. The maximum atomic E-state index is 12.9. The molecule has 4 rings (SSSR count). The van der Waals surface area contributed by atoms with E-state index in [1.807, 2.05) is 25.1 Å². The van der Waals surface area contributed by atoms with Crippen molar-refractivity contribution >= 4 is 39.9 Å². The maximum absolute atomic E-state index is 12.9. The molecule has 0 unspecified atom stereocenters. The first-order valence-corrected chi connectivity index (χ1v) is 10.5. The Labute approximate surface area is 177 Å². The number of furan rings is 1. The average molecular weight is 457 g/mol. The number of urea groups is 1. The number of hydrogen-bond donors (Lipinski definition) is 1. The van der Waals surface area contributed by atoms with E-state index in [-0.39, 0.29) is 11.6 Å². The number of aryl methyl sites for hydroxylation is 1. The number of carbonyl (C=O) groups excluding carboxylic acids is 3. The highest BCUT2D eigenvalue weighted by molar-refractivity contribution is 9.10. The van der Waals surface area contributed by atoms with E-state index in [0.29, 0.717) is 11.5 Å². The van der Waals surface area contributed by atoms with Crippen LogP contribution in [-0.2, 0) is 9.59 Å². The first-order valence-electron chi connectivity index (χ1n) is 9.71. The molecule has 1 aliphatic carbocycles. The first-order chi connectivity index (χ1) is 13.9. The van der Waals surface area contributed by atoms with Crippen molar-refractivity contribution in [1.82, 2.24) is 10.2 Å². The van der Waals surface area contributed by atoms with Crippen molar-refractivity contribution in [3.05, 3.63) is 51.7 Å². The van der Waals surface area contributed by atoms with Gasteiger partial charge in [0.25, 0.3) is 11.8 Å². The van der Waals surface area contributed by atoms with E-state index in [1.54, 1.807) is 12.1 Å². The van der Waals surface area contributed by atoms with Gasteiger partial charge in [0.2, 0.25) is 0 Å². The Balaban J connectivity index is 1.63. The standard InChI is InChI=1S/C22H21BrN2O4/c1-13-7-9-16(18(23)11-13)19-10-8-15(29-19)12-17-20(26)24-22(28)25(21(17)27)14-5-3-2-4-6-14/h7-12,14H,2-6H2,1H3,(H,24,26,28). The Kier molecular flexibility index (Phi) is 5.41. The third-order valence-electron chi connectivity index (χ3n) is 5.38. The molecule has 2 fully saturated rings. The van der Waals surface area contributed by atoms with Crippen LogP contribution in [0.4, 0.5) is 4.79 Å². The normalized spacial score (nSPS) is 19.7. The van der Waals surface area contributed by atoms with Gasteiger partial charge in [-0.15, -0.1) is 0 Å². The third kappa shape index (κ3) is 3.92. The summed E-state index contributed by atoms with van der Waals surface area (Å²) >= 11 is 3.53. The van der Waals surface area contributed by atoms with Crippen LogP contribution in [0.2, 0.25) is 0 Å². The van der Waals surface area contributed by atoms with Crippen LogP contribution in [0.1, 0.15) is 43.4 Å². The van der Waals surface area contributed by atoms with Gasteiger partial charge in [-0.1, -0.05) is 41.3 Å². The average Bonchev–Trinajstić information content (AvgIpc) is 3.14. The summed E-state index contributed by atoms with van der Waals surface area (Å²) in [6.45, 7) is 2.00. The largest absolute Gasteiger partial charge is 0.457 e. The molecule has 0 atom stereocenters. The highest BCUT2D eigenvalue weighted by atomic mass is 79.9. The second-order valence-electron chi connectivity index (χ2n) is 7.47. The first kappa shape index (κ1) is 19.6. The molecule has 1 aromatic heterocycles. The van der Waals surface area contributed by atoms with E-state index < -0.39 is 17.8 Å². The fourth-order valence-electron chi connectivity index (χ4n) is 3.88. The summed E-state index contributed by atoms with van der Waals surface area (Å²) in [5, 5.41) is 2.29. The lowest BCUT2D eigenvalue weighted by atomic mass is 9.93. The van der Waals surface area contributed by atoms with Gasteiger partial charge in [-0.2, -0.15) is 0 Å². The number of imide groups is 2. The van der Waals surface area contributed by atoms with Crippen molar-refractivity contribution in [2.75, 3.05) is 0 Å². The van der Waals surface area contributed by atoms with Crippen LogP contribution in [0.25, 0.3) is 17.4 Å². The number of benzene rings is 1. The topological polar surface area (TPSA) is 79.6 Å². The molecule has 0 radical (unpaired) electrons. The van der Waals surface area contributed by atoms with Crippen LogP contribution < -0.4 is 5.32 Å². The smallest absolute Gasteiger partial charge is 0.331 e. The number of nitrogens with one attached hydrogen (secondary N) is 1. The monoisotopic (exact) mass is 456 g/mol. The summed E-state index contributed by atoms with van der Waals surface area (Å²) in [4.78, 5) is 38.7. The minimum absolute atomic E-state index is 0.0842. The van der Waals surface area contributed by atoms with Crippen molar-refractivity contribution in [1.29, 1.82) is 0 Å². The Morgan fingerprint density at radius 3 is 2.59 bits per heavy atom. The number of amides is 4. The van der Waals surface area contributed by atoms with Gasteiger partial charge < -0.3 is 4.42 Å². The molecule has 1 N–H and O–H groups in total. The van der Waals surface area contributed by atoms with E-state index in [4.69, 9.17) is 4.42 Å². The lowest BCUT2D eigenvalue weighted by Crippen LogP contribution is -2.58. The molecule has 6 nitrogen and oxygen atoms in total. The maximum Gasteiger partial charge on any atom is 0.331 e. The molecule has 0 bridgehead atoms. The van der Waals surface area contributed by atoms with E-state index in [9.17, 15) is 14.4 Å². The number of rotatable bonds is 3. The number of hydrogen-bond acceptors (Lipinski definition) is 4. The van der Waals surface area contributed by atoms with Crippen LogP contribution in [0.3, 0.4) is 0 Å². The molecule has 0 spiro atoms. The van der Waals surface area contributed by atoms with Crippen LogP contribution >= 0.6 is 15.9 Å². The number of barbiturate groups is 1. The highest BCUT2D eigenvalue weighted by Crippen LogP contribution is 2.32. The molecule has 150 valence electrons. The van der Waals surface area contributed by atoms with Gasteiger partial charge in [0, 0.05) is 16.1 Å². The van der Waals surface area contributed by atoms with Crippen molar-refractivity contribution in [2.24, 2.45) is 0 Å². The SMILES string of the molecule is Cc1ccc(-c2ccc(C=C3C(=O)NC(=O)N(C4CCCCC4)C3=O)o2)c(Br)c1. The summed E-state index contributed by atoms with van der Waals surface area (Å²) in [7, 11) is 0. The van der Waals surface area contributed by atoms with Crippen molar-refractivity contribution < 1.29 is 18.8 Å². The zero-order valence-electron chi connectivity index (χ0n) is 16.0. The highest BCUT2D eigenvalue weighted by Gasteiger charge is 2.40. The predicted molar refractivity (Wildman–Crippen MR) is 112 cm³/mol. The lowest BCUT2D eigenvalue weighted by molar-refractivity contribution is -0.132. The van der Waals surface area contributed by atoms with Gasteiger partial charge in [-0.25, -0.2) is 4.79 Å². The zero-order valence-corrected chi connectivity index (χ0v) is 17.6. The fraction of sp³-hybridized carbons (Fsp3) is 0.318. The van der Waals surface area contributed by atoms with Gasteiger partial charge in [-0.05, 0) is 55.7 Å². The molecule has 2 heterocycles. The van der Waals surface area contributed by atoms with Gasteiger partial charge in [0.1, 0.15) is 17.1 Å². The molecular weight excluding hydrogens is 436 g/mol. The Bertz CT molecular complexity index is 1020. The van der Waals surface area contributed by atoms with Gasteiger partial charge in [-0.3, -0.25) is 19.8 Å². The second-order valence-corrected chi connectivity index (χ2v) is 8.32. The fourth-order valence-corrected chi connectivity index (χ4v) is 4.57. The lowest BCUT2D eigenvalue weighted by Gasteiger charge is -2.35. The molecular formula is C22H21BrN2O4. The van der Waals surface area contributed by atoms with E-state index in [0.717, 1.165) is 47.7 Å². The molecule has 7 heteroatoms. The van der Waals surface area contributed by atoms with Crippen LogP contribution in [0.5, 0.6) is 0 Å². The van der Waals surface area contributed by atoms with E-state index in [2.05, 4.69) is 21.2 Å². The summed E-state index contributed by atoms with van der Waals surface area (Å²) < 4.78 is 6.75. The molecule has 4 amide bonds. The molecule has 1 saturated carbocycles. The van der Waals surface area contributed by atoms with Crippen molar-refractivity contribution in [2.45, 2.75) is 45.1 Å². The summed E-state index contributed by atoms with van der Waals surface area (Å²) in [5.41, 5.74) is 1.91. The molecule has 2 aliphatic rings. The molecule has 2 aromatic rings. The second kappa shape index (κ2) is 7.99. The van der Waals surface area contributed by atoms with Gasteiger partial charge in [0.05, 0.1) is 0 Å². The molecule has 29 heavy (non-hydrogen) atoms. The van der Waals surface area contributed by atoms with Crippen LogP contribution in [-0.4, -0.2) is 28.8 Å². The molecule has 1 aliphatic heterocycles. The summed E-state index contributed by atoms with van der Waals surface area (Å²) in [6, 6.07) is 8.61. The number of nitrogens with zero attached hydrogens (tertiary/aromatic N) is 1. The molecule has 1 saturated heterocycles. The summed E-state index contributed by atoms with van der Waals surface area (Å²) in [5.74, 6) is -0.252. The third-order valence-corrected chi connectivity index (χ3v) is 6.03.